The Morgan fingerprint density at radius 1 is 1.11 bits per heavy atom. The number of benzene rings is 1. The second kappa shape index (κ2) is 4.06. The molecule has 3 aromatic rings. The summed E-state index contributed by atoms with van der Waals surface area (Å²) in [6, 6.07) is 9.87. The lowest BCUT2D eigenvalue weighted by Crippen LogP contribution is -2.34. The van der Waals surface area contributed by atoms with E-state index in [9.17, 15) is 0 Å². The fourth-order valence-corrected chi connectivity index (χ4v) is 1.77. The number of nitrogens with one attached hydrogen (secondary N) is 1. The lowest BCUT2D eigenvalue weighted by atomic mass is 10.2. The van der Waals surface area contributed by atoms with Gasteiger partial charge in [-0.3, -0.25) is 4.90 Å². The number of aromatic nitrogens is 5. The van der Waals surface area contributed by atoms with E-state index in [0.29, 0.717) is 11.6 Å². The minimum atomic E-state index is 0.604. The van der Waals surface area contributed by atoms with Gasteiger partial charge in [-0.1, -0.05) is 28.2 Å². The summed E-state index contributed by atoms with van der Waals surface area (Å²) in [6.45, 7) is 0. The van der Waals surface area contributed by atoms with E-state index in [1.54, 1.807) is 10.8 Å². The zero-order chi connectivity index (χ0) is 12.5. The van der Waals surface area contributed by atoms with Crippen molar-refractivity contribution >= 4 is 11.7 Å². The molecule has 90 valence electrons. The third-order valence-electron chi connectivity index (χ3n) is 2.61. The van der Waals surface area contributed by atoms with Gasteiger partial charge in [0.15, 0.2) is 6.33 Å². The van der Waals surface area contributed by atoms with Crippen molar-refractivity contribution in [2.45, 2.75) is 0 Å². The summed E-state index contributed by atoms with van der Waals surface area (Å²) in [5.41, 5.74) is 0.978. The zero-order valence-electron chi connectivity index (χ0n) is 10.2. The van der Waals surface area contributed by atoms with E-state index < -0.39 is 0 Å². The first kappa shape index (κ1) is 10.6. The van der Waals surface area contributed by atoms with Crippen molar-refractivity contribution in [1.82, 2.24) is 20.1 Å². The number of rotatable bonds is 2. The molecule has 0 aliphatic rings. The highest BCUT2D eigenvalue weighted by atomic mass is 15.4. The summed E-state index contributed by atoms with van der Waals surface area (Å²) in [7, 11) is 3.87. The zero-order valence-corrected chi connectivity index (χ0v) is 10.2. The second-order valence-electron chi connectivity index (χ2n) is 4.13. The van der Waals surface area contributed by atoms with E-state index in [1.807, 2.05) is 49.3 Å². The first-order valence-electron chi connectivity index (χ1n) is 5.61. The highest BCUT2D eigenvalue weighted by Gasteiger charge is 2.19. The number of anilines is 1. The third-order valence-corrected chi connectivity index (χ3v) is 2.61. The maximum atomic E-state index is 4.55. The van der Waals surface area contributed by atoms with Crippen LogP contribution in [0.25, 0.3) is 17.2 Å². The molecule has 3 rings (SSSR count). The summed E-state index contributed by atoms with van der Waals surface area (Å²) < 4.78 is 1.74. The first-order valence-corrected chi connectivity index (χ1v) is 5.61. The third kappa shape index (κ3) is 1.67. The molecule has 6 heteroatoms. The average Bonchev–Trinajstić information content (AvgIpc) is 2.86. The lowest BCUT2D eigenvalue weighted by Gasteiger charge is -2.06. The molecule has 0 spiro atoms. The Morgan fingerprint density at radius 2 is 1.89 bits per heavy atom. The second-order valence-corrected chi connectivity index (χ2v) is 4.13. The molecule has 2 aromatic heterocycles. The Morgan fingerprint density at radius 3 is 2.61 bits per heavy atom. The van der Waals surface area contributed by atoms with Crippen LogP contribution < -0.4 is 9.42 Å². The quantitative estimate of drug-likeness (QED) is 0.670. The van der Waals surface area contributed by atoms with E-state index >= 15 is 0 Å². The number of hydrogen-bond acceptors (Lipinski definition) is 4. The van der Waals surface area contributed by atoms with E-state index in [0.717, 1.165) is 11.5 Å². The van der Waals surface area contributed by atoms with Crippen molar-refractivity contribution in [2.24, 2.45) is 0 Å². The van der Waals surface area contributed by atoms with Crippen LogP contribution in [-0.2, 0) is 0 Å². The number of hydrogen-bond donors (Lipinski definition) is 1. The summed E-state index contributed by atoms with van der Waals surface area (Å²) >= 11 is 0. The largest absolute Gasteiger partial charge is 0.382 e. The average molecular weight is 241 g/mol. The first-order chi connectivity index (χ1) is 8.75. The Kier molecular flexibility index (Phi) is 2.40. The fourth-order valence-electron chi connectivity index (χ4n) is 1.77. The molecule has 1 aromatic carbocycles. The van der Waals surface area contributed by atoms with Crippen LogP contribution in [0, 0.1) is 0 Å². The van der Waals surface area contributed by atoms with Crippen molar-refractivity contribution in [2.75, 3.05) is 19.0 Å². The van der Waals surface area contributed by atoms with Crippen LogP contribution in [-0.4, -0.2) is 34.1 Å². The predicted molar refractivity (Wildman–Crippen MR) is 67.1 cm³/mol. The highest BCUT2D eigenvalue weighted by molar-refractivity contribution is 5.56. The summed E-state index contributed by atoms with van der Waals surface area (Å²) in [4.78, 5) is 15.1. The summed E-state index contributed by atoms with van der Waals surface area (Å²) in [5.74, 6) is 2.04. The van der Waals surface area contributed by atoms with Gasteiger partial charge in [0.1, 0.15) is 0 Å². The SMILES string of the molecule is CN(C)c1nc(-c2ccccc2)nc2nc[nH][n+]12. The molecule has 0 aliphatic heterocycles. The molecule has 0 bridgehead atoms. The maximum Gasteiger partial charge on any atom is 0.382 e. The normalized spacial score (nSPS) is 10.8. The molecule has 0 radical (unpaired) electrons. The number of nitrogens with zero attached hydrogens (tertiary/aromatic N) is 5. The molecule has 0 amide bonds. The number of fused-ring (bicyclic) bond motifs is 1. The van der Waals surface area contributed by atoms with Gasteiger partial charge in [0.25, 0.3) is 5.82 Å². The Labute approximate surface area is 104 Å². The number of H-pyrrole nitrogens is 1. The van der Waals surface area contributed by atoms with Crippen LogP contribution in [0.5, 0.6) is 0 Å². The van der Waals surface area contributed by atoms with Crippen LogP contribution in [0.3, 0.4) is 0 Å². The Balaban J connectivity index is 2.25. The molecule has 0 saturated carbocycles. The standard InChI is InChI=1S/C12H12N6/c1-17(2)12-16-10(9-6-4-3-5-7-9)15-11-13-8-14-18(11)12/h3-8H,1-2H3/p+1. The van der Waals surface area contributed by atoms with Crippen LogP contribution in [0.15, 0.2) is 36.7 Å². The topological polar surface area (TPSA) is 61.8 Å². The van der Waals surface area contributed by atoms with Crippen LogP contribution in [0.1, 0.15) is 0 Å². The molecule has 0 saturated heterocycles. The van der Waals surface area contributed by atoms with Gasteiger partial charge >= 0.3 is 11.7 Å². The lowest BCUT2D eigenvalue weighted by molar-refractivity contribution is -0.569. The predicted octanol–water partition coefficient (Wildman–Crippen LogP) is 0.671. The molecular weight excluding hydrogens is 228 g/mol. The van der Waals surface area contributed by atoms with Crippen LogP contribution >= 0.6 is 0 Å². The van der Waals surface area contributed by atoms with E-state index in [-0.39, 0.29) is 0 Å². The van der Waals surface area contributed by atoms with Crippen LogP contribution in [0.2, 0.25) is 0 Å². The molecule has 18 heavy (non-hydrogen) atoms. The minimum Gasteiger partial charge on any atom is -0.297 e. The van der Waals surface area contributed by atoms with Gasteiger partial charge in [-0.2, -0.15) is 0 Å². The van der Waals surface area contributed by atoms with Crippen molar-refractivity contribution in [3.05, 3.63) is 36.7 Å². The summed E-state index contributed by atoms with van der Waals surface area (Å²) in [5, 5.41) is 2.99. The highest BCUT2D eigenvalue weighted by Crippen LogP contribution is 2.15. The molecule has 0 aliphatic carbocycles. The van der Waals surface area contributed by atoms with Gasteiger partial charge in [0.2, 0.25) is 0 Å². The van der Waals surface area contributed by atoms with Gasteiger partial charge in [-0.15, -0.1) is 9.50 Å². The van der Waals surface area contributed by atoms with E-state index in [2.05, 4.69) is 20.1 Å². The van der Waals surface area contributed by atoms with E-state index in [4.69, 9.17) is 0 Å². The van der Waals surface area contributed by atoms with Crippen molar-refractivity contribution in [1.29, 1.82) is 0 Å². The smallest absolute Gasteiger partial charge is 0.297 e. The van der Waals surface area contributed by atoms with Crippen molar-refractivity contribution < 1.29 is 4.52 Å². The number of aromatic amines is 1. The molecule has 6 nitrogen and oxygen atoms in total. The molecule has 0 atom stereocenters. The minimum absolute atomic E-state index is 0.604. The molecule has 2 heterocycles. The summed E-state index contributed by atoms with van der Waals surface area (Å²) in [6.07, 6.45) is 1.60. The molecule has 0 fully saturated rings. The van der Waals surface area contributed by atoms with Gasteiger partial charge in [0.05, 0.1) is 0 Å². The Bertz CT molecular complexity index is 673. The van der Waals surface area contributed by atoms with E-state index in [1.165, 1.54) is 0 Å². The van der Waals surface area contributed by atoms with Crippen LogP contribution in [0.4, 0.5) is 5.95 Å². The van der Waals surface area contributed by atoms with Crippen molar-refractivity contribution in [3.8, 4) is 11.4 Å². The fraction of sp³-hybridized carbons (Fsp3) is 0.167. The van der Waals surface area contributed by atoms with Crippen molar-refractivity contribution in [3.63, 3.8) is 0 Å². The van der Waals surface area contributed by atoms with Gasteiger partial charge in [0, 0.05) is 19.7 Å². The van der Waals surface area contributed by atoms with Gasteiger partial charge in [-0.25, -0.2) is 5.10 Å². The molecule has 1 N–H and O–H groups in total. The maximum absolute atomic E-state index is 4.55. The van der Waals surface area contributed by atoms with Gasteiger partial charge < -0.3 is 0 Å². The van der Waals surface area contributed by atoms with Gasteiger partial charge in [-0.05, 0) is 12.1 Å². The monoisotopic (exact) mass is 241 g/mol. The molecular formula is C12H13N6+. The Hall–Kier alpha value is -2.50. The molecule has 0 unspecified atom stereocenters.